The summed E-state index contributed by atoms with van der Waals surface area (Å²) in [6, 6.07) is 5.46. The molecule has 1 aromatic carbocycles. The smallest absolute Gasteiger partial charge is 0.292 e. The Kier molecular flexibility index (Phi) is 3.04. The zero-order valence-corrected chi connectivity index (χ0v) is 11.7. The molecule has 0 aliphatic carbocycles. The van der Waals surface area contributed by atoms with E-state index in [0.717, 1.165) is 11.3 Å². The normalized spacial score (nSPS) is 20.6. The highest BCUT2D eigenvalue weighted by molar-refractivity contribution is 6.35. The molecule has 0 saturated carbocycles. The molecular formula is C14H16ClNO3. The van der Waals surface area contributed by atoms with Crippen LogP contribution in [-0.4, -0.2) is 25.7 Å². The second-order valence-electron chi connectivity index (χ2n) is 5.26. The van der Waals surface area contributed by atoms with E-state index in [4.69, 9.17) is 21.1 Å². The van der Waals surface area contributed by atoms with E-state index in [1.165, 1.54) is 0 Å². The predicted octanol–water partition coefficient (Wildman–Crippen LogP) is 2.54. The molecule has 1 spiro atoms. The quantitative estimate of drug-likeness (QED) is 0.836. The lowest BCUT2D eigenvalue weighted by Crippen LogP contribution is -2.42. The Balaban J connectivity index is 2.14. The number of anilines is 1. The summed E-state index contributed by atoms with van der Waals surface area (Å²) in [7, 11) is 0. The minimum absolute atomic E-state index is 0.165. The monoisotopic (exact) mass is 281 g/mol. The van der Waals surface area contributed by atoms with Gasteiger partial charge in [0.25, 0.3) is 11.7 Å². The number of hydrogen-bond acceptors (Lipinski definition) is 3. The van der Waals surface area contributed by atoms with Crippen LogP contribution in [0.2, 0.25) is 5.02 Å². The molecule has 1 fully saturated rings. The molecule has 2 aliphatic rings. The summed E-state index contributed by atoms with van der Waals surface area (Å²) < 4.78 is 11.3. The Morgan fingerprint density at radius 2 is 2.05 bits per heavy atom. The Bertz CT molecular complexity index is 523. The fourth-order valence-electron chi connectivity index (χ4n) is 2.68. The molecule has 5 heteroatoms. The van der Waals surface area contributed by atoms with Gasteiger partial charge in [-0.05, 0) is 12.0 Å². The maximum absolute atomic E-state index is 12.7. The van der Waals surface area contributed by atoms with Gasteiger partial charge < -0.3 is 14.4 Å². The number of carbonyl (C=O) groups excluding carboxylic acids is 1. The summed E-state index contributed by atoms with van der Waals surface area (Å²) in [5.74, 6) is -1.10. The van der Waals surface area contributed by atoms with Gasteiger partial charge in [0.2, 0.25) is 0 Å². The number of fused-ring (bicyclic) bond motifs is 2. The van der Waals surface area contributed by atoms with E-state index < -0.39 is 5.79 Å². The van der Waals surface area contributed by atoms with Crippen molar-refractivity contribution < 1.29 is 14.3 Å². The van der Waals surface area contributed by atoms with Gasteiger partial charge >= 0.3 is 0 Å². The summed E-state index contributed by atoms with van der Waals surface area (Å²) in [4.78, 5) is 14.4. The van der Waals surface area contributed by atoms with E-state index in [0.29, 0.717) is 30.7 Å². The lowest BCUT2D eigenvalue weighted by atomic mass is 10.1. The van der Waals surface area contributed by atoms with Crippen LogP contribution in [0.4, 0.5) is 5.69 Å². The van der Waals surface area contributed by atoms with Crippen molar-refractivity contribution in [3.05, 3.63) is 28.8 Å². The van der Waals surface area contributed by atoms with Crippen LogP contribution in [-0.2, 0) is 20.1 Å². The van der Waals surface area contributed by atoms with Crippen LogP contribution in [0.25, 0.3) is 0 Å². The largest absolute Gasteiger partial charge is 0.336 e. The Labute approximate surface area is 117 Å². The predicted molar refractivity (Wildman–Crippen MR) is 72.2 cm³/mol. The molecule has 0 unspecified atom stereocenters. The standard InChI is InChI=1S/C14H16ClNO3/c1-9(2)8-16-12-10(4-3-5-11(12)15)14(13(16)17)18-6-7-19-14/h3-5,9H,6-8H2,1-2H3. The van der Waals surface area contributed by atoms with Crippen LogP contribution in [0.5, 0.6) is 0 Å². The SMILES string of the molecule is CC(C)CN1C(=O)C2(OCCO2)c2cccc(Cl)c21. The van der Waals surface area contributed by atoms with Gasteiger partial charge in [-0.15, -0.1) is 0 Å². The van der Waals surface area contributed by atoms with Crippen molar-refractivity contribution in [2.45, 2.75) is 19.6 Å². The highest BCUT2D eigenvalue weighted by atomic mass is 35.5. The lowest BCUT2D eigenvalue weighted by Gasteiger charge is -2.23. The Hall–Kier alpha value is -1.10. The Morgan fingerprint density at radius 3 is 2.68 bits per heavy atom. The number of amides is 1. The molecule has 0 bridgehead atoms. The number of carbonyl (C=O) groups is 1. The summed E-state index contributed by atoms with van der Waals surface area (Å²) >= 11 is 6.27. The van der Waals surface area contributed by atoms with Crippen molar-refractivity contribution in [3.63, 3.8) is 0 Å². The summed E-state index contributed by atoms with van der Waals surface area (Å²) in [5.41, 5.74) is 1.45. The van der Waals surface area contributed by atoms with Crippen molar-refractivity contribution in [1.82, 2.24) is 0 Å². The molecule has 2 heterocycles. The zero-order valence-electron chi connectivity index (χ0n) is 11.0. The number of nitrogens with zero attached hydrogens (tertiary/aromatic N) is 1. The first-order valence-corrected chi connectivity index (χ1v) is 6.83. The van der Waals surface area contributed by atoms with Crippen molar-refractivity contribution in [3.8, 4) is 0 Å². The van der Waals surface area contributed by atoms with E-state index in [-0.39, 0.29) is 5.91 Å². The highest BCUT2D eigenvalue weighted by Gasteiger charge is 2.56. The fourth-order valence-corrected chi connectivity index (χ4v) is 2.96. The number of para-hydroxylation sites is 1. The van der Waals surface area contributed by atoms with E-state index in [2.05, 4.69) is 13.8 Å². The zero-order chi connectivity index (χ0) is 13.6. The first-order valence-electron chi connectivity index (χ1n) is 6.45. The van der Waals surface area contributed by atoms with Gasteiger partial charge in [-0.3, -0.25) is 4.79 Å². The number of halogens is 1. The van der Waals surface area contributed by atoms with Crippen LogP contribution >= 0.6 is 11.6 Å². The van der Waals surface area contributed by atoms with Gasteiger partial charge in [0.1, 0.15) is 0 Å². The Morgan fingerprint density at radius 1 is 1.37 bits per heavy atom. The molecule has 1 aromatic rings. The molecule has 4 nitrogen and oxygen atoms in total. The molecule has 19 heavy (non-hydrogen) atoms. The maximum Gasteiger partial charge on any atom is 0.292 e. The van der Waals surface area contributed by atoms with Crippen LogP contribution in [0.15, 0.2) is 18.2 Å². The van der Waals surface area contributed by atoms with Crippen LogP contribution in [0, 0.1) is 5.92 Å². The average molecular weight is 282 g/mol. The molecule has 0 N–H and O–H groups in total. The van der Waals surface area contributed by atoms with Gasteiger partial charge in [0, 0.05) is 12.1 Å². The van der Waals surface area contributed by atoms with Crippen LogP contribution < -0.4 is 4.90 Å². The van der Waals surface area contributed by atoms with E-state index in [1.807, 2.05) is 12.1 Å². The number of benzene rings is 1. The first-order chi connectivity index (χ1) is 9.06. The molecular weight excluding hydrogens is 266 g/mol. The molecule has 1 amide bonds. The second-order valence-corrected chi connectivity index (χ2v) is 5.67. The lowest BCUT2D eigenvalue weighted by molar-refractivity contribution is -0.180. The van der Waals surface area contributed by atoms with E-state index in [1.54, 1.807) is 11.0 Å². The van der Waals surface area contributed by atoms with E-state index in [9.17, 15) is 4.79 Å². The fraction of sp³-hybridized carbons (Fsp3) is 0.500. The third-order valence-corrected chi connectivity index (χ3v) is 3.68. The second kappa shape index (κ2) is 4.47. The van der Waals surface area contributed by atoms with E-state index >= 15 is 0 Å². The van der Waals surface area contributed by atoms with Gasteiger partial charge in [-0.1, -0.05) is 37.6 Å². The molecule has 0 atom stereocenters. The molecule has 2 aliphatic heterocycles. The third-order valence-electron chi connectivity index (χ3n) is 3.38. The van der Waals surface area contributed by atoms with Crippen molar-refractivity contribution in [2.75, 3.05) is 24.7 Å². The molecule has 3 rings (SSSR count). The van der Waals surface area contributed by atoms with Gasteiger partial charge in [-0.25, -0.2) is 0 Å². The number of ether oxygens (including phenoxy) is 2. The molecule has 0 aromatic heterocycles. The van der Waals surface area contributed by atoms with Crippen molar-refractivity contribution >= 4 is 23.2 Å². The minimum atomic E-state index is -1.27. The molecule has 1 saturated heterocycles. The molecule has 0 radical (unpaired) electrons. The number of hydrogen-bond donors (Lipinski definition) is 0. The van der Waals surface area contributed by atoms with Gasteiger partial charge in [0.15, 0.2) is 0 Å². The van der Waals surface area contributed by atoms with Crippen LogP contribution in [0.3, 0.4) is 0 Å². The summed E-state index contributed by atoms with van der Waals surface area (Å²) in [6.07, 6.45) is 0. The van der Waals surface area contributed by atoms with Gasteiger partial charge in [-0.2, -0.15) is 0 Å². The highest BCUT2D eigenvalue weighted by Crippen LogP contribution is 2.48. The summed E-state index contributed by atoms with van der Waals surface area (Å²) in [6.45, 7) is 5.57. The van der Waals surface area contributed by atoms with Crippen molar-refractivity contribution in [2.24, 2.45) is 5.92 Å². The number of rotatable bonds is 2. The van der Waals surface area contributed by atoms with Gasteiger partial charge in [0.05, 0.1) is 23.9 Å². The van der Waals surface area contributed by atoms with Crippen LogP contribution in [0.1, 0.15) is 19.4 Å². The summed E-state index contributed by atoms with van der Waals surface area (Å²) in [5, 5.41) is 0.558. The van der Waals surface area contributed by atoms with Crippen molar-refractivity contribution in [1.29, 1.82) is 0 Å². The minimum Gasteiger partial charge on any atom is -0.336 e. The molecule has 102 valence electrons. The first kappa shape index (κ1) is 12.9. The maximum atomic E-state index is 12.7. The third kappa shape index (κ3) is 1.78. The topological polar surface area (TPSA) is 38.8 Å². The average Bonchev–Trinajstić information content (AvgIpc) is 2.92.